The molecule has 3 rings (SSSR count). The highest BCUT2D eigenvalue weighted by Crippen LogP contribution is 2.52. The third kappa shape index (κ3) is 2.69. The SMILES string of the molecule is CN(C)Cc1ccccc1NC1C2CCCOC2C1(C)C. The van der Waals surface area contributed by atoms with Crippen LogP contribution in [0.4, 0.5) is 5.69 Å². The lowest BCUT2D eigenvalue weighted by Gasteiger charge is -2.60. The number of nitrogens with zero attached hydrogens (tertiary/aromatic N) is 1. The molecule has 0 bridgehead atoms. The maximum absolute atomic E-state index is 6.01. The number of anilines is 1. The molecule has 0 radical (unpaired) electrons. The number of ether oxygens (including phenoxy) is 1. The second-order valence-corrected chi connectivity index (χ2v) is 7.44. The summed E-state index contributed by atoms with van der Waals surface area (Å²) < 4.78 is 6.01. The molecule has 0 spiro atoms. The van der Waals surface area contributed by atoms with Gasteiger partial charge in [0.15, 0.2) is 0 Å². The largest absolute Gasteiger partial charge is 0.381 e. The van der Waals surface area contributed by atoms with E-state index >= 15 is 0 Å². The molecule has 1 aromatic rings. The lowest BCUT2D eigenvalue weighted by molar-refractivity contribution is -0.177. The van der Waals surface area contributed by atoms with Crippen LogP contribution in [0.1, 0.15) is 32.3 Å². The summed E-state index contributed by atoms with van der Waals surface area (Å²) >= 11 is 0. The van der Waals surface area contributed by atoms with Gasteiger partial charge in [0.05, 0.1) is 6.10 Å². The summed E-state index contributed by atoms with van der Waals surface area (Å²) in [5.41, 5.74) is 2.88. The van der Waals surface area contributed by atoms with Crippen molar-refractivity contribution in [1.29, 1.82) is 0 Å². The van der Waals surface area contributed by atoms with Gasteiger partial charge in [0.25, 0.3) is 0 Å². The summed E-state index contributed by atoms with van der Waals surface area (Å²) in [6, 6.07) is 9.21. The van der Waals surface area contributed by atoms with Crippen LogP contribution < -0.4 is 5.32 Å². The molecule has 3 unspecified atom stereocenters. The van der Waals surface area contributed by atoms with Crippen molar-refractivity contribution in [3.8, 4) is 0 Å². The van der Waals surface area contributed by atoms with Gasteiger partial charge in [-0.05, 0) is 38.6 Å². The molecule has 1 N–H and O–H groups in total. The molecular weight excluding hydrogens is 260 g/mol. The quantitative estimate of drug-likeness (QED) is 0.919. The Hall–Kier alpha value is -1.06. The van der Waals surface area contributed by atoms with Crippen LogP contribution in [0.15, 0.2) is 24.3 Å². The minimum atomic E-state index is 0.219. The summed E-state index contributed by atoms with van der Waals surface area (Å²) in [4.78, 5) is 2.22. The van der Waals surface area contributed by atoms with E-state index in [1.807, 2.05) is 0 Å². The molecule has 116 valence electrons. The van der Waals surface area contributed by atoms with Gasteiger partial charge in [0.1, 0.15) is 0 Å². The molecule has 2 aliphatic rings. The Balaban J connectivity index is 1.77. The van der Waals surface area contributed by atoms with Crippen LogP contribution in [0.2, 0.25) is 0 Å². The molecule has 1 saturated heterocycles. The highest BCUT2D eigenvalue weighted by Gasteiger charge is 2.57. The first-order valence-electron chi connectivity index (χ1n) is 8.11. The molecule has 1 aromatic carbocycles. The highest BCUT2D eigenvalue weighted by atomic mass is 16.5. The number of fused-ring (bicyclic) bond motifs is 1. The molecule has 1 aliphatic heterocycles. The Morgan fingerprint density at radius 2 is 2.05 bits per heavy atom. The van der Waals surface area contributed by atoms with Crippen molar-refractivity contribution in [2.45, 2.75) is 45.4 Å². The number of para-hydroxylation sites is 1. The fourth-order valence-corrected chi connectivity index (χ4v) is 4.12. The first kappa shape index (κ1) is 14.9. The fraction of sp³-hybridized carbons (Fsp3) is 0.667. The minimum absolute atomic E-state index is 0.219. The van der Waals surface area contributed by atoms with Crippen LogP contribution in [0.25, 0.3) is 0 Å². The standard InChI is InChI=1S/C18H28N2O/c1-18(2)16(14-9-7-11-21-17(14)18)19-15-10-6-5-8-13(15)12-20(3)4/h5-6,8,10,14,16-17,19H,7,9,11-12H2,1-4H3. The minimum Gasteiger partial charge on any atom is -0.381 e. The zero-order valence-corrected chi connectivity index (χ0v) is 13.7. The van der Waals surface area contributed by atoms with Crippen molar-refractivity contribution in [1.82, 2.24) is 4.90 Å². The van der Waals surface area contributed by atoms with E-state index < -0.39 is 0 Å². The number of hydrogen-bond donors (Lipinski definition) is 1. The van der Waals surface area contributed by atoms with Crippen LogP contribution in [-0.4, -0.2) is 37.7 Å². The van der Waals surface area contributed by atoms with Gasteiger partial charge in [-0.3, -0.25) is 0 Å². The molecule has 1 heterocycles. The van der Waals surface area contributed by atoms with Gasteiger partial charge in [-0.1, -0.05) is 32.0 Å². The molecule has 3 atom stereocenters. The zero-order chi connectivity index (χ0) is 15.0. The average Bonchev–Trinajstić information content (AvgIpc) is 2.45. The van der Waals surface area contributed by atoms with Gasteiger partial charge < -0.3 is 15.0 Å². The predicted molar refractivity (Wildman–Crippen MR) is 87.5 cm³/mol. The van der Waals surface area contributed by atoms with Crippen molar-refractivity contribution in [3.63, 3.8) is 0 Å². The molecule has 3 nitrogen and oxygen atoms in total. The van der Waals surface area contributed by atoms with Gasteiger partial charge in [0.2, 0.25) is 0 Å². The van der Waals surface area contributed by atoms with E-state index in [9.17, 15) is 0 Å². The fourth-order valence-electron chi connectivity index (χ4n) is 4.12. The molecule has 21 heavy (non-hydrogen) atoms. The molecule has 2 fully saturated rings. The summed E-state index contributed by atoms with van der Waals surface area (Å²) in [5.74, 6) is 0.668. The van der Waals surface area contributed by atoms with E-state index in [1.54, 1.807) is 0 Å². The number of hydrogen-bond acceptors (Lipinski definition) is 3. The third-order valence-corrected chi connectivity index (χ3v) is 5.15. The lowest BCUT2D eigenvalue weighted by atomic mass is 9.55. The average molecular weight is 288 g/mol. The van der Waals surface area contributed by atoms with Gasteiger partial charge in [-0.2, -0.15) is 0 Å². The Kier molecular flexibility index (Phi) is 3.98. The first-order chi connectivity index (χ1) is 10.00. The number of benzene rings is 1. The van der Waals surface area contributed by atoms with Crippen molar-refractivity contribution in [2.75, 3.05) is 26.0 Å². The Morgan fingerprint density at radius 1 is 1.29 bits per heavy atom. The summed E-state index contributed by atoms with van der Waals surface area (Å²) in [6.07, 6.45) is 2.93. The van der Waals surface area contributed by atoms with Crippen LogP contribution >= 0.6 is 0 Å². The molecule has 1 aliphatic carbocycles. The normalized spacial score (nSPS) is 30.6. The summed E-state index contributed by atoms with van der Waals surface area (Å²) in [7, 11) is 4.24. The molecule has 0 amide bonds. The number of rotatable bonds is 4. The first-order valence-corrected chi connectivity index (χ1v) is 8.11. The van der Waals surface area contributed by atoms with Crippen molar-refractivity contribution < 1.29 is 4.74 Å². The van der Waals surface area contributed by atoms with E-state index in [0.717, 1.165) is 13.2 Å². The maximum Gasteiger partial charge on any atom is 0.0693 e. The molecular formula is C18H28N2O. The van der Waals surface area contributed by atoms with Crippen LogP contribution in [0.5, 0.6) is 0 Å². The predicted octanol–water partition coefficient (Wildman–Crippen LogP) is 3.36. The third-order valence-electron chi connectivity index (χ3n) is 5.15. The van der Waals surface area contributed by atoms with E-state index in [1.165, 1.54) is 24.1 Å². The number of nitrogens with one attached hydrogen (secondary N) is 1. The maximum atomic E-state index is 6.01. The monoisotopic (exact) mass is 288 g/mol. The highest BCUT2D eigenvalue weighted by molar-refractivity contribution is 5.53. The molecule has 1 saturated carbocycles. The van der Waals surface area contributed by atoms with Crippen molar-refractivity contribution in [2.24, 2.45) is 11.3 Å². The molecule has 0 aromatic heterocycles. The second kappa shape index (κ2) is 5.62. The van der Waals surface area contributed by atoms with E-state index in [-0.39, 0.29) is 5.41 Å². The smallest absolute Gasteiger partial charge is 0.0693 e. The van der Waals surface area contributed by atoms with E-state index in [0.29, 0.717) is 18.1 Å². The lowest BCUT2D eigenvalue weighted by Crippen LogP contribution is -2.67. The van der Waals surface area contributed by atoms with Gasteiger partial charge in [-0.25, -0.2) is 0 Å². The summed E-state index contributed by atoms with van der Waals surface area (Å²) in [6.45, 7) is 6.59. The Labute approximate surface area is 128 Å². The van der Waals surface area contributed by atoms with Gasteiger partial charge >= 0.3 is 0 Å². The van der Waals surface area contributed by atoms with Crippen LogP contribution in [0, 0.1) is 11.3 Å². The zero-order valence-electron chi connectivity index (χ0n) is 13.7. The van der Waals surface area contributed by atoms with E-state index in [2.05, 4.69) is 62.4 Å². The van der Waals surface area contributed by atoms with Crippen LogP contribution in [-0.2, 0) is 11.3 Å². The van der Waals surface area contributed by atoms with Gasteiger partial charge in [0, 0.05) is 36.2 Å². The van der Waals surface area contributed by atoms with Gasteiger partial charge in [-0.15, -0.1) is 0 Å². The topological polar surface area (TPSA) is 24.5 Å². The summed E-state index contributed by atoms with van der Waals surface area (Å²) in [5, 5.41) is 3.84. The van der Waals surface area contributed by atoms with E-state index in [4.69, 9.17) is 4.74 Å². The van der Waals surface area contributed by atoms with Crippen molar-refractivity contribution in [3.05, 3.63) is 29.8 Å². The Morgan fingerprint density at radius 3 is 2.81 bits per heavy atom. The second-order valence-electron chi connectivity index (χ2n) is 7.44. The van der Waals surface area contributed by atoms with Crippen LogP contribution in [0.3, 0.4) is 0 Å². The Bertz CT molecular complexity index is 498. The molecule has 3 heteroatoms. The van der Waals surface area contributed by atoms with Crippen molar-refractivity contribution >= 4 is 5.69 Å².